The van der Waals surface area contributed by atoms with E-state index in [4.69, 9.17) is 9.47 Å². The van der Waals surface area contributed by atoms with Crippen molar-refractivity contribution in [3.8, 4) is 11.5 Å². The molecule has 1 atom stereocenters. The number of nitrogens with zero attached hydrogens (tertiary/aromatic N) is 2. The second-order valence-electron chi connectivity index (χ2n) is 9.88. The number of benzene rings is 2. The minimum absolute atomic E-state index is 0.106. The van der Waals surface area contributed by atoms with Crippen LogP contribution in [0.3, 0.4) is 0 Å². The lowest BCUT2D eigenvalue weighted by atomic mass is 9.75. The van der Waals surface area contributed by atoms with Crippen LogP contribution in [-0.2, 0) is 17.9 Å². The second-order valence-corrected chi connectivity index (χ2v) is 9.88. The van der Waals surface area contributed by atoms with Crippen LogP contribution < -0.4 is 14.8 Å². The van der Waals surface area contributed by atoms with Crippen LogP contribution in [0.4, 0.5) is 4.79 Å². The summed E-state index contributed by atoms with van der Waals surface area (Å²) < 4.78 is 10.8. The van der Waals surface area contributed by atoms with E-state index in [1.807, 2.05) is 25.1 Å². The molecule has 0 unspecified atom stereocenters. The first-order chi connectivity index (χ1) is 16.4. The number of ether oxygens (including phenoxy) is 2. The number of fused-ring (bicyclic) bond motifs is 1. The Kier molecular flexibility index (Phi) is 5.98. The van der Waals surface area contributed by atoms with E-state index in [-0.39, 0.29) is 31.2 Å². The number of carbonyl (C=O) groups excluding carboxylic acids is 2. The summed E-state index contributed by atoms with van der Waals surface area (Å²) in [5, 5.41) is 3.10. The highest BCUT2D eigenvalue weighted by molar-refractivity contribution is 6.07. The van der Waals surface area contributed by atoms with Gasteiger partial charge in [-0.1, -0.05) is 42.3 Å². The quantitative estimate of drug-likeness (QED) is 0.652. The van der Waals surface area contributed by atoms with Gasteiger partial charge in [0.2, 0.25) is 6.79 Å². The molecular formula is C27H33N3O4. The maximum absolute atomic E-state index is 13.6. The molecule has 2 aromatic carbocycles. The fourth-order valence-corrected chi connectivity index (χ4v) is 5.82. The number of aryl methyl sites for hydroxylation is 2. The molecule has 34 heavy (non-hydrogen) atoms. The number of hydrogen-bond acceptors (Lipinski definition) is 5. The van der Waals surface area contributed by atoms with Gasteiger partial charge < -0.3 is 14.8 Å². The minimum Gasteiger partial charge on any atom is -0.454 e. The van der Waals surface area contributed by atoms with E-state index in [1.54, 1.807) is 0 Å². The normalized spacial score (nSPS) is 23.0. The van der Waals surface area contributed by atoms with Crippen molar-refractivity contribution in [2.24, 2.45) is 5.92 Å². The zero-order chi connectivity index (χ0) is 23.9. The third-order valence-corrected chi connectivity index (χ3v) is 7.51. The molecule has 3 heterocycles. The van der Waals surface area contributed by atoms with Gasteiger partial charge in [0.25, 0.3) is 5.91 Å². The number of rotatable bonds is 6. The number of hydrogen-bond donors (Lipinski definition) is 1. The van der Waals surface area contributed by atoms with Gasteiger partial charge in [-0.15, -0.1) is 0 Å². The number of amides is 3. The third-order valence-electron chi connectivity index (χ3n) is 7.51. The molecule has 2 aromatic rings. The van der Waals surface area contributed by atoms with Gasteiger partial charge >= 0.3 is 6.03 Å². The summed E-state index contributed by atoms with van der Waals surface area (Å²) in [5.41, 5.74) is 3.94. The SMILES string of the molecule is CC[C@]1(C2CCN(Cc3cc(C)cc(C)c3)CC2)NC(=O)N(Cc2ccc3c(c2)OCO3)C1=O. The van der Waals surface area contributed by atoms with Crippen LogP contribution in [0.1, 0.15) is 48.4 Å². The van der Waals surface area contributed by atoms with Gasteiger partial charge in [0.05, 0.1) is 6.54 Å². The topological polar surface area (TPSA) is 71.1 Å². The molecule has 1 N–H and O–H groups in total. The Bertz CT molecular complexity index is 1090. The van der Waals surface area contributed by atoms with Crippen molar-refractivity contribution >= 4 is 11.9 Å². The molecule has 3 aliphatic heterocycles. The van der Waals surface area contributed by atoms with Crippen LogP contribution in [0.25, 0.3) is 0 Å². The highest BCUT2D eigenvalue weighted by Crippen LogP contribution is 2.38. The van der Waals surface area contributed by atoms with Crippen molar-refractivity contribution in [2.45, 2.75) is 58.7 Å². The van der Waals surface area contributed by atoms with Gasteiger partial charge in [0.1, 0.15) is 5.54 Å². The van der Waals surface area contributed by atoms with E-state index in [9.17, 15) is 9.59 Å². The summed E-state index contributed by atoms with van der Waals surface area (Å²) >= 11 is 0. The number of piperidine rings is 1. The summed E-state index contributed by atoms with van der Waals surface area (Å²) in [4.78, 5) is 30.4. The highest BCUT2D eigenvalue weighted by atomic mass is 16.7. The molecule has 3 amide bonds. The van der Waals surface area contributed by atoms with Gasteiger partial charge in [-0.05, 0) is 75.4 Å². The molecule has 7 nitrogen and oxygen atoms in total. The van der Waals surface area contributed by atoms with Crippen molar-refractivity contribution < 1.29 is 19.1 Å². The monoisotopic (exact) mass is 463 g/mol. The maximum Gasteiger partial charge on any atom is 0.325 e. The largest absolute Gasteiger partial charge is 0.454 e. The third kappa shape index (κ3) is 4.13. The van der Waals surface area contributed by atoms with Gasteiger partial charge in [0.15, 0.2) is 11.5 Å². The Hall–Kier alpha value is -3.06. The fraction of sp³-hybridized carbons (Fsp3) is 0.481. The summed E-state index contributed by atoms with van der Waals surface area (Å²) in [6.07, 6.45) is 2.38. The fourth-order valence-electron chi connectivity index (χ4n) is 5.82. The van der Waals surface area contributed by atoms with Crippen molar-refractivity contribution in [2.75, 3.05) is 19.9 Å². The molecule has 2 fully saturated rings. The molecule has 3 aliphatic rings. The number of imide groups is 1. The zero-order valence-corrected chi connectivity index (χ0v) is 20.2. The summed E-state index contributed by atoms with van der Waals surface area (Å²) in [7, 11) is 0. The summed E-state index contributed by atoms with van der Waals surface area (Å²) in [5.74, 6) is 1.37. The van der Waals surface area contributed by atoms with E-state index in [2.05, 4.69) is 42.3 Å². The van der Waals surface area contributed by atoms with Crippen molar-refractivity contribution in [1.29, 1.82) is 0 Å². The molecular weight excluding hydrogens is 430 g/mol. The molecule has 5 rings (SSSR count). The Morgan fingerprint density at radius 1 is 0.941 bits per heavy atom. The number of urea groups is 1. The standard InChI is InChI=1S/C27H33N3O4/c1-4-27(22-7-9-29(10-8-22)15-21-12-18(2)11-19(3)13-21)25(31)30(26(32)28-27)16-20-5-6-23-24(14-20)34-17-33-23/h5-6,11-14,22H,4,7-10,15-17H2,1-3H3,(H,28,32)/t27-/m1/s1. The minimum atomic E-state index is -0.820. The lowest BCUT2D eigenvalue weighted by Gasteiger charge is -2.40. The van der Waals surface area contributed by atoms with E-state index >= 15 is 0 Å². The van der Waals surface area contributed by atoms with Crippen LogP contribution in [-0.4, -0.2) is 47.2 Å². The van der Waals surface area contributed by atoms with Crippen molar-refractivity contribution in [3.05, 3.63) is 58.7 Å². The van der Waals surface area contributed by atoms with Crippen LogP contribution >= 0.6 is 0 Å². The van der Waals surface area contributed by atoms with Crippen molar-refractivity contribution in [1.82, 2.24) is 15.1 Å². The van der Waals surface area contributed by atoms with Gasteiger partial charge in [0, 0.05) is 6.54 Å². The van der Waals surface area contributed by atoms with E-state index in [0.29, 0.717) is 17.9 Å². The van der Waals surface area contributed by atoms with E-state index in [1.165, 1.54) is 21.6 Å². The first kappa shape index (κ1) is 22.7. The molecule has 7 heteroatoms. The predicted molar refractivity (Wildman–Crippen MR) is 129 cm³/mol. The molecule has 180 valence electrons. The maximum atomic E-state index is 13.6. The van der Waals surface area contributed by atoms with Crippen molar-refractivity contribution in [3.63, 3.8) is 0 Å². The Morgan fingerprint density at radius 3 is 2.35 bits per heavy atom. The van der Waals surface area contributed by atoms with Crippen LogP contribution in [0.2, 0.25) is 0 Å². The zero-order valence-electron chi connectivity index (χ0n) is 20.2. The van der Waals surface area contributed by atoms with Gasteiger partial charge in [-0.2, -0.15) is 0 Å². The first-order valence-corrected chi connectivity index (χ1v) is 12.2. The Labute approximate surface area is 201 Å². The van der Waals surface area contributed by atoms with Crippen LogP contribution in [0.5, 0.6) is 11.5 Å². The Balaban J connectivity index is 1.25. The molecule has 0 bridgehead atoms. The molecule has 0 aliphatic carbocycles. The summed E-state index contributed by atoms with van der Waals surface area (Å²) in [6.45, 7) is 9.47. The highest BCUT2D eigenvalue weighted by Gasteiger charge is 2.54. The van der Waals surface area contributed by atoms with Crippen LogP contribution in [0, 0.1) is 19.8 Å². The summed E-state index contributed by atoms with van der Waals surface area (Å²) in [6, 6.07) is 12.0. The molecule has 0 aromatic heterocycles. The van der Waals surface area contributed by atoms with E-state index < -0.39 is 5.54 Å². The number of nitrogens with one attached hydrogen (secondary N) is 1. The lowest BCUT2D eigenvalue weighted by molar-refractivity contribution is -0.134. The van der Waals surface area contributed by atoms with E-state index in [0.717, 1.165) is 38.0 Å². The van der Waals surface area contributed by atoms with Gasteiger partial charge in [-0.3, -0.25) is 14.6 Å². The second kappa shape index (κ2) is 8.95. The smallest absolute Gasteiger partial charge is 0.325 e. The average Bonchev–Trinajstić information content (AvgIpc) is 3.37. The lowest BCUT2D eigenvalue weighted by Crippen LogP contribution is -2.55. The first-order valence-electron chi connectivity index (χ1n) is 12.2. The van der Waals surface area contributed by atoms with Crippen LogP contribution in [0.15, 0.2) is 36.4 Å². The number of likely N-dealkylation sites (tertiary alicyclic amines) is 1. The molecule has 0 spiro atoms. The molecule has 0 saturated carbocycles. The number of carbonyl (C=O) groups is 2. The average molecular weight is 464 g/mol. The van der Waals surface area contributed by atoms with Gasteiger partial charge in [-0.25, -0.2) is 4.79 Å². The predicted octanol–water partition coefficient (Wildman–Crippen LogP) is 4.14. The molecule has 0 radical (unpaired) electrons. The molecule has 2 saturated heterocycles. The Morgan fingerprint density at radius 2 is 1.65 bits per heavy atom.